The second kappa shape index (κ2) is 10.2. The van der Waals surface area contributed by atoms with E-state index in [0.29, 0.717) is 42.7 Å². The molecular formula is C22H25ClN2O5. The summed E-state index contributed by atoms with van der Waals surface area (Å²) in [6.45, 7) is 3.78. The summed E-state index contributed by atoms with van der Waals surface area (Å²) in [7, 11) is 1.57. The highest BCUT2D eigenvalue weighted by molar-refractivity contribution is 6.30. The number of carbonyl (C=O) groups is 2. The molecule has 0 saturated carbocycles. The van der Waals surface area contributed by atoms with Crippen LogP contribution >= 0.6 is 11.6 Å². The van der Waals surface area contributed by atoms with Crippen molar-refractivity contribution in [1.29, 1.82) is 0 Å². The summed E-state index contributed by atoms with van der Waals surface area (Å²) >= 11 is 6.05. The normalized spacial score (nSPS) is 14.8. The Morgan fingerprint density at radius 1 is 1.03 bits per heavy atom. The topological polar surface area (TPSA) is 68.3 Å². The van der Waals surface area contributed by atoms with Crippen molar-refractivity contribution in [3.05, 3.63) is 53.6 Å². The molecule has 1 fully saturated rings. The van der Waals surface area contributed by atoms with E-state index in [1.807, 2.05) is 24.3 Å². The highest BCUT2D eigenvalue weighted by atomic mass is 35.5. The molecule has 0 N–H and O–H groups in total. The first-order chi connectivity index (χ1) is 14.5. The SMILES string of the molecule is COc1ccc(OC(C)C(=O)OCC(=O)N2CCN(c3cccc(Cl)c3)CC2)cc1. The van der Waals surface area contributed by atoms with Crippen LogP contribution in [0.4, 0.5) is 5.69 Å². The van der Waals surface area contributed by atoms with Gasteiger partial charge < -0.3 is 24.0 Å². The molecule has 30 heavy (non-hydrogen) atoms. The number of nitrogens with zero attached hydrogens (tertiary/aromatic N) is 2. The summed E-state index contributed by atoms with van der Waals surface area (Å²) in [6, 6.07) is 14.5. The third-order valence-electron chi connectivity index (χ3n) is 4.85. The van der Waals surface area contributed by atoms with Crippen LogP contribution in [0.25, 0.3) is 0 Å². The first-order valence-electron chi connectivity index (χ1n) is 9.72. The lowest BCUT2D eigenvalue weighted by molar-refractivity contribution is -0.157. The molecule has 8 heteroatoms. The van der Waals surface area contributed by atoms with Gasteiger partial charge in [0.05, 0.1) is 7.11 Å². The highest BCUT2D eigenvalue weighted by Gasteiger charge is 2.24. The predicted molar refractivity (Wildman–Crippen MR) is 114 cm³/mol. The summed E-state index contributed by atoms with van der Waals surface area (Å²) in [4.78, 5) is 28.4. The largest absolute Gasteiger partial charge is 0.497 e. The summed E-state index contributed by atoms with van der Waals surface area (Å²) < 4.78 is 15.8. The molecule has 2 aromatic carbocycles. The number of amides is 1. The van der Waals surface area contributed by atoms with Crippen molar-refractivity contribution in [3.63, 3.8) is 0 Å². The number of hydrogen-bond donors (Lipinski definition) is 0. The van der Waals surface area contributed by atoms with Gasteiger partial charge in [0, 0.05) is 36.9 Å². The summed E-state index contributed by atoms with van der Waals surface area (Å²) in [5.74, 6) is 0.407. The molecule has 1 heterocycles. The highest BCUT2D eigenvalue weighted by Crippen LogP contribution is 2.21. The van der Waals surface area contributed by atoms with E-state index < -0.39 is 12.1 Å². The van der Waals surface area contributed by atoms with Crippen LogP contribution in [0.3, 0.4) is 0 Å². The Bertz CT molecular complexity index is 866. The summed E-state index contributed by atoms with van der Waals surface area (Å²) in [6.07, 6.45) is -0.828. The second-order valence-electron chi connectivity index (χ2n) is 6.89. The second-order valence-corrected chi connectivity index (χ2v) is 7.33. The third kappa shape index (κ3) is 5.79. The lowest BCUT2D eigenvalue weighted by Gasteiger charge is -2.36. The minimum absolute atomic E-state index is 0.217. The number of esters is 1. The molecule has 0 radical (unpaired) electrons. The zero-order chi connectivity index (χ0) is 21.5. The Labute approximate surface area is 181 Å². The van der Waals surface area contributed by atoms with Crippen LogP contribution in [0.2, 0.25) is 5.02 Å². The Morgan fingerprint density at radius 2 is 1.70 bits per heavy atom. The van der Waals surface area contributed by atoms with Gasteiger partial charge in [0.2, 0.25) is 0 Å². The van der Waals surface area contributed by atoms with Crippen LogP contribution in [0, 0.1) is 0 Å². The van der Waals surface area contributed by atoms with Gasteiger partial charge in [0.1, 0.15) is 11.5 Å². The average molecular weight is 433 g/mol. The van der Waals surface area contributed by atoms with Crippen molar-refractivity contribution >= 4 is 29.2 Å². The molecular weight excluding hydrogens is 408 g/mol. The number of hydrogen-bond acceptors (Lipinski definition) is 6. The third-order valence-corrected chi connectivity index (χ3v) is 5.08. The van der Waals surface area contributed by atoms with Crippen LogP contribution in [0.5, 0.6) is 11.5 Å². The molecule has 0 aromatic heterocycles. The van der Waals surface area contributed by atoms with Crippen LogP contribution in [0.1, 0.15) is 6.92 Å². The fourth-order valence-electron chi connectivity index (χ4n) is 3.13. The standard InChI is InChI=1S/C22H25ClN2O5/c1-16(30-20-8-6-19(28-2)7-9-20)22(27)29-15-21(26)25-12-10-24(11-13-25)18-5-3-4-17(23)14-18/h3-9,14,16H,10-13,15H2,1-2H3. The van der Waals surface area contributed by atoms with Crippen LogP contribution in [-0.4, -0.2) is 62.8 Å². The lowest BCUT2D eigenvalue weighted by Crippen LogP contribution is -2.50. The minimum atomic E-state index is -0.828. The minimum Gasteiger partial charge on any atom is -0.497 e. The molecule has 1 aliphatic rings. The Kier molecular flexibility index (Phi) is 7.41. The van der Waals surface area contributed by atoms with E-state index in [0.717, 1.165) is 5.69 Å². The Hall–Kier alpha value is -2.93. The number of piperazine rings is 1. The fourth-order valence-corrected chi connectivity index (χ4v) is 3.32. The summed E-state index contributed by atoms with van der Waals surface area (Å²) in [5, 5.41) is 0.684. The van der Waals surface area contributed by atoms with E-state index in [2.05, 4.69) is 4.90 Å². The zero-order valence-corrected chi connectivity index (χ0v) is 17.8. The molecule has 1 saturated heterocycles. The van der Waals surface area contributed by atoms with E-state index in [-0.39, 0.29) is 12.5 Å². The molecule has 1 atom stereocenters. The van der Waals surface area contributed by atoms with Crippen molar-refractivity contribution in [2.75, 3.05) is 44.8 Å². The zero-order valence-electron chi connectivity index (χ0n) is 17.0. The molecule has 0 bridgehead atoms. The number of anilines is 1. The monoisotopic (exact) mass is 432 g/mol. The van der Waals surface area contributed by atoms with Crippen molar-refractivity contribution in [1.82, 2.24) is 4.90 Å². The van der Waals surface area contributed by atoms with E-state index in [1.165, 1.54) is 0 Å². The quantitative estimate of drug-likeness (QED) is 0.626. The van der Waals surface area contributed by atoms with Gasteiger partial charge in [-0.05, 0) is 49.4 Å². The molecule has 2 aromatic rings. The van der Waals surface area contributed by atoms with Gasteiger partial charge in [-0.25, -0.2) is 4.79 Å². The fraction of sp³-hybridized carbons (Fsp3) is 0.364. The number of benzene rings is 2. The maximum Gasteiger partial charge on any atom is 0.347 e. The van der Waals surface area contributed by atoms with E-state index in [4.69, 9.17) is 25.8 Å². The van der Waals surface area contributed by atoms with Crippen LogP contribution in [-0.2, 0) is 14.3 Å². The van der Waals surface area contributed by atoms with Crippen molar-refractivity contribution in [2.24, 2.45) is 0 Å². The Morgan fingerprint density at radius 3 is 2.33 bits per heavy atom. The van der Waals surface area contributed by atoms with Crippen LogP contribution in [0.15, 0.2) is 48.5 Å². The maximum atomic E-state index is 12.4. The van der Waals surface area contributed by atoms with E-state index in [1.54, 1.807) is 43.2 Å². The number of halogens is 1. The van der Waals surface area contributed by atoms with E-state index >= 15 is 0 Å². The first kappa shape index (κ1) is 21.8. The van der Waals surface area contributed by atoms with Gasteiger partial charge >= 0.3 is 5.97 Å². The Balaban J connectivity index is 1.42. The lowest BCUT2D eigenvalue weighted by atomic mass is 10.2. The number of ether oxygens (including phenoxy) is 3. The molecule has 7 nitrogen and oxygen atoms in total. The molecule has 0 spiro atoms. The average Bonchev–Trinajstić information content (AvgIpc) is 2.77. The van der Waals surface area contributed by atoms with Gasteiger partial charge in [0.25, 0.3) is 5.91 Å². The molecule has 3 rings (SSSR count). The van der Waals surface area contributed by atoms with Gasteiger partial charge in [-0.2, -0.15) is 0 Å². The smallest absolute Gasteiger partial charge is 0.347 e. The van der Waals surface area contributed by atoms with Gasteiger partial charge in [-0.3, -0.25) is 4.79 Å². The first-order valence-corrected chi connectivity index (χ1v) is 10.1. The van der Waals surface area contributed by atoms with E-state index in [9.17, 15) is 9.59 Å². The molecule has 1 aliphatic heterocycles. The maximum absolute atomic E-state index is 12.4. The molecule has 1 unspecified atom stereocenters. The van der Waals surface area contributed by atoms with Crippen molar-refractivity contribution in [3.8, 4) is 11.5 Å². The predicted octanol–water partition coefficient (Wildman–Crippen LogP) is 3.01. The number of methoxy groups -OCH3 is 1. The molecule has 0 aliphatic carbocycles. The number of carbonyl (C=O) groups excluding carboxylic acids is 2. The van der Waals surface area contributed by atoms with Gasteiger partial charge in [-0.1, -0.05) is 17.7 Å². The van der Waals surface area contributed by atoms with Crippen molar-refractivity contribution < 1.29 is 23.8 Å². The van der Waals surface area contributed by atoms with Gasteiger partial charge in [0.15, 0.2) is 12.7 Å². The van der Waals surface area contributed by atoms with Crippen molar-refractivity contribution in [2.45, 2.75) is 13.0 Å². The van der Waals surface area contributed by atoms with Crippen LogP contribution < -0.4 is 14.4 Å². The molecule has 160 valence electrons. The van der Waals surface area contributed by atoms with Gasteiger partial charge in [-0.15, -0.1) is 0 Å². The number of rotatable bonds is 7. The summed E-state index contributed by atoms with van der Waals surface area (Å²) in [5.41, 5.74) is 1.03. The molecule has 1 amide bonds.